The number of rotatable bonds is 5. The van der Waals surface area contributed by atoms with Crippen LogP contribution in [0.15, 0.2) is 56.2 Å². The summed E-state index contributed by atoms with van der Waals surface area (Å²) in [5.41, 5.74) is 2.53. The van der Waals surface area contributed by atoms with E-state index in [-0.39, 0.29) is 0 Å². The van der Waals surface area contributed by atoms with Gasteiger partial charge in [0.05, 0.1) is 12.7 Å². The highest BCUT2D eigenvalue weighted by Gasteiger charge is 2.22. The molecule has 1 fully saturated rings. The van der Waals surface area contributed by atoms with Gasteiger partial charge in [-0.3, -0.25) is 0 Å². The molecule has 0 amide bonds. The van der Waals surface area contributed by atoms with Crippen LogP contribution in [0, 0.1) is 5.92 Å². The van der Waals surface area contributed by atoms with Crippen molar-refractivity contribution in [1.82, 2.24) is 0 Å². The highest BCUT2D eigenvalue weighted by molar-refractivity contribution is 5.47. The maximum Gasteiger partial charge on any atom is 0.0850 e. The van der Waals surface area contributed by atoms with Crippen LogP contribution in [0.1, 0.15) is 18.1 Å². The molecule has 0 aromatic heterocycles. The lowest BCUT2D eigenvalue weighted by molar-refractivity contribution is 0.407. The average molecular weight is 242 g/mol. The third-order valence-corrected chi connectivity index (χ3v) is 2.82. The van der Waals surface area contributed by atoms with Crippen LogP contribution < -0.4 is 0 Å². The Morgan fingerprint density at radius 3 is 2.11 bits per heavy atom. The number of benzene rings is 1. The number of epoxide rings is 1. The molecule has 0 saturated carbocycles. The topological polar surface area (TPSA) is 12.5 Å². The van der Waals surface area contributed by atoms with E-state index in [2.05, 4.69) is 44.0 Å². The fourth-order valence-electron chi connectivity index (χ4n) is 1.33. The van der Waals surface area contributed by atoms with Crippen molar-refractivity contribution in [3.8, 4) is 0 Å². The summed E-state index contributed by atoms with van der Waals surface area (Å²) >= 11 is 0. The van der Waals surface area contributed by atoms with Crippen LogP contribution in [0.3, 0.4) is 0 Å². The Bertz CT molecular complexity index is 377. The van der Waals surface area contributed by atoms with Gasteiger partial charge in [-0.15, -0.1) is 13.2 Å². The fourth-order valence-corrected chi connectivity index (χ4v) is 1.33. The van der Waals surface area contributed by atoms with Gasteiger partial charge in [-0.05, 0) is 17.0 Å². The minimum atomic E-state index is 0.463. The molecule has 96 valence electrons. The molecule has 1 aliphatic heterocycles. The third-order valence-electron chi connectivity index (χ3n) is 2.82. The molecule has 18 heavy (non-hydrogen) atoms. The number of ether oxygens (including phenoxy) is 1. The van der Waals surface area contributed by atoms with E-state index in [4.69, 9.17) is 4.74 Å². The van der Waals surface area contributed by atoms with Crippen molar-refractivity contribution < 1.29 is 4.74 Å². The molecule has 0 spiro atoms. The van der Waals surface area contributed by atoms with Crippen molar-refractivity contribution in [2.45, 2.75) is 19.4 Å². The first-order valence-electron chi connectivity index (χ1n) is 6.27. The number of hydrogen-bond donors (Lipinski definition) is 0. The molecule has 0 radical (unpaired) electrons. The maximum absolute atomic E-state index is 5.15. The second-order valence-corrected chi connectivity index (χ2v) is 4.44. The van der Waals surface area contributed by atoms with E-state index in [1.165, 1.54) is 11.1 Å². The van der Waals surface area contributed by atoms with Gasteiger partial charge in [0.15, 0.2) is 0 Å². The molecule has 1 heteroatoms. The molecule has 1 atom stereocenters. The molecular formula is C17H22O. The standard InChI is InChI=1S/C11H12O.C6H10/c1-2-9-3-5-10(6-4-9)7-11-8-12-11;1-4-6(3)5-2/h2-6,11H,1,7-8H2;4-6H,1-2H2,3H3. The lowest BCUT2D eigenvalue weighted by Crippen LogP contribution is -1.91. The first-order chi connectivity index (χ1) is 8.69. The quantitative estimate of drug-likeness (QED) is 0.555. The van der Waals surface area contributed by atoms with Gasteiger partial charge in [-0.25, -0.2) is 0 Å². The molecule has 0 bridgehead atoms. The van der Waals surface area contributed by atoms with Crippen LogP contribution in [0.4, 0.5) is 0 Å². The molecule has 1 saturated heterocycles. The van der Waals surface area contributed by atoms with Crippen molar-refractivity contribution in [2.75, 3.05) is 6.61 Å². The first-order valence-corrected chi connectivity index (χ1v) is 6.27. The van der Waals surface area contributed by atoms with Gasteiger partial charge in [0.25, 0.3) is 0 Å². The summed E-state index contributed by atoms with van der Waals surface area (Å²) in [6.07, 6.45) is 7.11. The molecule has 1 heterocycles. The van der Waals surface area contributed by atoms with Crippen molar-refractivity contribution in [2.24, 2.45) is 5.92 Å². The zero-order valence-electron chi connectivity index (χ0n) is 11.1. The van der Waals surface area contributed by atoms with Gasteiger partial charge in [0.2, 0.25) is 0 Å². The number of hydrogen-bond acceptors (Lipinski definition) is 1. The van der Waals surface area contributed by atoms with E-state index in [1.54, 1.807) is 0 Å². The van der Waals surface area contributed by atoms with Gasteiger partial charge in [0.1, 0.15) is 0 Å². The van der Waals surface area contributed by atoms with E-state index < -0.39 is 0 Å². The second-order valence-electron chi connectivity index (χ2n) is 4.44. The lowest BCUT2D eigenvalue weighted by atomic mass is 10.1. The Morgan fingerprint density at radius 1 is 1.22 bits per heavy atom. The van der Waals surface area contributed by atoms with E-state index in [1.807, 2.05) is 25.2 Å². The monoisotopic (exact) mass is 242 g/mol. The largest absolute Gasteiger partial charge is 0.373 e. The molecule has 1 aliphatic rings. The van der Waals surface area contributed by atoms with E-state index >= 15 is 0 Å². The van der Waals surface area contributed by atoms with Crippen LogP contribution in [0.2, 0.25) is 0 Å². The molecule has 0 aliphatic carbocycles. The Balaban J connectivity index is 0.000000232. The molecule has 2 rings (SSSR count). The van der Waals surface area contributed by atoms with Crippen molar-refractivity contribution in [3.05, 3.63) is 67.3 Å². The highest BCUT2D eigenvalue weighted by atomic mass is 16.6. The molecule has 1 aromatic rings. The Kier molecular flexibility index (Phi) is 6.16. The summed E-state index contributed by atoms with van der Waals surface area (Å²) in [7, 11) is 0. The zero-order chi connectivity index (χ0) is 13.4. The first kappa shape index (κ1) is 14.5. The third kappa shape index (κ3) is 5.65. The molecule has 1 nitrogen and oxygen atoms in total. The van der Waals surface area contributed by atoms with Crippen LogP contribution in [-0.4, -0.2) is 12.7 Å². The van der Waals surface area contributed by atoms with Crippen LogP contribution in [0.5, 0.6) is 0 Å². The van der Waals surface area contributed by atoms with Gasteiger partial charge in [-0.1, -0.05) is 56.0 Å². The summed E-state index contributed by atoms with van der Waals surface area (Å²) in [5, 5.41) is 0. The van der Waals surface area contributed by atoms with E-state index in [0.717, 1.165) is 13.0 Å². The molecule has 0 N–H and O–H groups in total. The Hall–Kier alpha value is -1.60. The summed E-state index contributed by atoms with van der Waals surface area (Å²) in [6.45, 7) is 13.8. The van der Waals surface area contributed by atoms with Gasteiger partial charge < -0.3 is 4.74 Å². The van der Waals surface area contributed by atoms with E-state index in [0.29, 0.717) is 12.0 Å². The summed E-state index contributed by atoms with van der Waals surface area (Å²) < 4.78 is 5.15. The van der Waals surface area contributed by atoms with Gasteiger partial charge >= 0.3 is 0 Å². The molecule has 1 aromatic carbocycles. The number of allylic oxidation sites excluding steroid dienone is 2. The SMILES string of the molecule is C=CC(C)C=C.C=Cc1ccc(CC2CO2)cc1. The fraction of sp³-hybridized carbons (Fsp3) is 0.294. The maximum atomic E-state index is 5.15. The molecule has 1 unspecified atom stereocenters. The summed E-state index contributed by atoms with van der Waals surface area (Å²) in [5.74, 6) is 0.463. The normalized spacial score (nSPS) is 16.4. The second kappa shape index (κ2) is 7.67. The smallest absolute Gasteiger partial charge is 0.0850 e. The van der Waals surface area contributed by atoms with Crippen LogP contribution in [0.25, 0.3) is 6.08 Å². The van der Waals surface area contributed by atoms with Gasteiger partial charge in [0, 0.05) is 6.42 Å². The summed E-state index contributed by atoms with van der Waals surface area (Å²) in [4.78, 5) is 0. The van der Waals surface area contributed by atoms with Gasteiger partial charge in [-0.2, -0.15) is 0 Å². The highest BCUT2D eigenvalue weighted by Crippen LogP contribution is 2.16. The van der Waals surface area contributed by atoms with Crippen LogP contribution >= 0.6 is 0 Å². The van der Waals surface area contributed by atoms with Crippen LogP contribution in [-0.2, 0) is 11.2 Å². The minimum absolute atomic E-state index is 0.463. The van der Waals surface area contributed by atoms with Crippen molar-refractivity contribution in [1.29, 1.82) is 0 Å². The Morgan fingerprint density at radius 2 is 1.78 bits per heavy atom. The predicted octanol–water partition coefficient (Wildman–Crippen LogP) is 4.27. The predicted molar refractivity (Wildman–Crippen MR) is 79.5 cm³/mol. The molecular weight excluding hydrogens is 220 g/mol. The van der Waals surface area contributed by atoms with E-state index in [9.17, 15) is 0 Å². The van der Waals surface area contributed by atoms with Crippen molar-refractivity contribution >= 4 is 6.08 Å². The van der Waals surface area contributed by atoms with Crippen molar-refractivity contribution in [3.63, 3.8) is 0 Å². The zero-order valence-corrected chi connectivity index (χ0v) is 11.1. The average Bonchev–Trinajstić information content (AvgIpc) is 3.23. The Labute approximate surface area is 110 Å². The minimum Gasteiger partial charge on any atom is -0.373 e. The lowest BCUT2D eigenvalue weighted by Gasteiger charge is -1.97. The summed E-state index contributed by atoms with van der Waals surface area (Å²) in [6, 6.07) is 8.45.